The zero-order valence-corrected chi connectivity index (χ0v) is 12.9. The minimum atomic E-state index is -0.803. The summed E-state index contributed by atoms with van der Waals surface area (Å²) in [5.74, 6) is -0.779. The predicted octanol–water partition coefficient (Wildman–Crippen LogP) is 1.58. The van der Waals surface area contributed by atoms with Gasteiger partial charge in [-0.05, 0) is 53.2 Å². The highest BCUT2D eigenvalue weighted by atomic mass is 16.5. The molecule has 1 atom stereocenters. The van der Waals surface area contributed by atoms with Gasteiger partial charge in [-0.15, -0.1) is 0 Å². The van der Waals surface area contributed by atoms with Crippen molar-refractivity contribution in [1.82, 2.24) is 10.2 Å². The van der Waals surface area contributed by atoms with E-state index < -0.39 is 11.5 Å². The molecule has 0 fully saturated rings. The van der Waals surface area contributed by atoms with Crippen molar-refractivity contribution in [1.29, 1.82) is 0 Å². The average Bonchev–Trinajstić information content (AvgIpc) is 2.41. The van der Waals surface area contributed by atoms with Crippen LogP contribution in [0.5, 0.6) is 0 Å². The standard InChI is InChI=1S/C14H30N2O3/c1-5-16(11-12-19-6-2)10-8-7-9-14(3,15-4)13(17)18/h15H,5-12H2,1-4H3,(H,17,18). The Morgan fingerprint density at radius 3 is 2.47 bits per heavy atom. The molecule has 0 rings (SSSR count). The van der Waals surface area contributed by atoms with E-state index in [2.05, 4.69) is 17.1 Å². The number of ether oxygens (including phenoxy) is 1. The van der Waals surface area contributed by atoms with Crippen LogP contribution in [0.1, 0.15) is 40.0 Å². The normalized spacial score (nSPS) is 14.6. The van der Waals surface area contributed by atoms with Crippen molar-refractivity contribution in [3.8, 4) is 0 Å². The third-order valence-electron chi connectivity index (χ3n) is 3.63. The lowest BCUT2D eigenvalue weighted by Gasteiger charge is -2.25. The van der Waals surface area contributed by atoms with E-state index in [1.807, 2.05) is 6.92 Å². The molecule has 0 aliphatic heterocycles. The number of rotatable bonds is 12. The van der Waals surface area contributed by atoms with Gasteiger partial charge >= 0.3 is 5.97 Å². The summed E-state index contributed by atoms with van der Waals surface area (Å²) in [4.78, 5) is 13.5. The minimum Gasteiger partial charge on any atom is -0.480 e. The molecule has 0 aromatic rings. The molecule has 0 bridgehead atoms. The van der Waals surface area contributed by atoms with E-state index in [1.165, 1.54) is 0 Å². The molecule has 5 nitrogen and oxygen atoms in total. The van der Waals surface area contributed by atoms with E-state index in [1.54, 1.807) is 14.0 Å². The number of carboxylic acids is 1. The molecule has 0 aliphatic carbocycles. The van der Waals surface area contributed by atoms with Crippen molar-refractivity contribution in [2.45, 2.75) is 45.6 Å². The molecular formula is C14H30N2O3. The largest absolute Gasteiger partial charge is 0.480 e. The van der Waals surface area contributed by atoms with Gasteiger partial charge in [-0.25, -0.2) is 0 Å². The Labute approximate surface area is 117 Å². The lowest BCUT2D eigenvalue weighted by molar-refractivity contribution is -0.144. The van der Waals surface area contributed by atoms with Crippen LogP contribution in [-0.2, 0) is 9.53 Å². The number of carbonyl (C=O) groups is 1. The average molecular weight is 274 g/mol. The van der Waals surface area contributed by atoms with Crippen LogP contribution in [0.3, 0.4) is 0 Å². The predicted molar refractivity (Wildman–Crippen MR) is 77.6 cm³/mol. The fourth-order valence-corrected chi connectivity index (χ4v) is 1.92. The van der Waals surface area contributed by atoms with Crippen LogP contribution in [0, 0.1) is 0 Å². The van der Waals surface area contributed by atoms with Crippen molar-refractivity contribution >= 4 is 5.97 Å². The maximum Gasteiger partial charge on any atom is 0.323 e. The van der Waals surface area contributed by atoms with E-state index in [4.69, 9.17) is 9.84 Å². The molecule has 2 N–H and O–H groups in total. The quantitative estimate of drug-likeness (QED) is 0.529. The first kappa shape index (κ1) is 18.4. The fraction of sp³-hybridized carbons (Fsp3) is 0.929. The van der Waals surface area contributed by atoms with Crippen LogP contribution >= 0.6 is 0 Å². The van der Waals surface area contributed by atoms with Gasteiger partial charge in [0.25, 0.3) is 0 Å². The van der Waals surface area contributed by atoms with E-state index in [-0.39, 0.29) is 0 Å². The van der Waals surface area contributed by atoms with Crippen molar-refractivity contribution in [3.05, 3.63) is 0 Å². The second-order valence-electron chi connectivity index (χ2n) is 4.98. The number of nitrogens with one attached hydrogen (secondary N) is 1. The Balaban J connectivity index is 3.84. The summed E-state index contributed by atoms with van der Waals surface area (Å²) in [5.41, 5.74) is -0.803. The fourth-order valence-electron chi connectivity index (χ4n) is 1.92. The molecule has 0 amide bonds. The lowest BCUT2D eigenvalue weighted by Crippen LogP contribution is -2.47. The SMILES string of the molecule is CCOCCN(CC)CCCCC(C)(NC)C(=O)O. The highest BCUT2D eigenvalue weighted by Crippen LogP contribution is 2.14. The van der Waals surface area contributed by atoms with Gasteiger partial charge in [0.2, 0.25) is 0 Å². The topological polar surface area (TPSA) is 61.8 Å². The molecule has 19 heavy (non-hydrogen) atoms. The van der Waals surface area contributed by atoms with Gasteiger partial charge in [0.15, 0.2) is 0 Å². The summed E-state index contributed by atoms with van der Waals surface area (Å²) in [6, 6.07) is 0. The molecule has 0 heterocycles. The summed E-state index contributed by atoms with van der Waals surface area (Å²) in [6.45, 7) is 10.4. The second kappa shape index (κ2) is 10.2. The molecule has 0 aromatic carbocycles. The zero-order valence-electron chi connectivity index (χ0n) is 12.9. The third kappa shape index (κ3) is 7.50. The first-order valence-corrected chi connectivity index (χ1v) is 7.22. The Bertz CT molecular complexity index is 249. The number of carboxylic acid groups (broad SMARTS) is 1. The van der Waals surface area contributed by atoms with Gasteiger partial charge < -0.3 is 20.1 Å². The molecule has 1 unspecified atom stereocenters. The van der Waals surface area contributed by atoms with Crippen LogP contribution in [-0.4, -0.2) is 61.4 Å². The van der Waals surface area contributed by atoms with E-state index in [9.17, 15) is 4.79 Å². The van der Waals surface area contributed by atoms with E-state index >= 15 is 0 Å². The number of unbranched alkanes of at least 4 members (excludes halogenated alkanes) is 1. The molecule has 5 heteroatoms. The second-order valence-corrected chi connectivity index (χ2v) is 4.98. The summed E-state index contributed by atoms with van der Waals surface area (Å²) < 4.78 is 5.35. The molecular weight excluding hydrogens is 244 g/mol. The Morgan fingerprint density at radius 1 is 1.32 bits per heavy atom. The molecule has 0 radical (unpaired) electrons. The molecule has 0 saturated heterocycles. The maximum atomic E-state index is 11.1. The van der Waals surface area contributed by atoms with Crippen LogP contribution in [0.15, 0.2) is 0 Å². The first-order valence-electron chi connectivity index (χ1n) is 7.22. The summed E-state index contributed by atoms with van der Waals surface area (Å²) in [5, 5.41) is 12.0. The van der Waals surface area contributed by atoms with Gasteiger partial charge in [-0.2, -0.15) is 0 Å². The smallest absolute Gasteiger partial charge is 0.323 e. The number of nitrogens with zero attached hydrogens (tertiary/aromatic N) is 1. The summed E-state index contributed by atoms with van der Waals surface area (Å²) in [7, 11) is 1.70. The van der Waals surface area contributed by atoms with Crippen molar-refractivity contribution in [3.63, 3.8) is 0 Å². The Kier molecular flexibility index (Phi) is 9.83. The van der Waals surface area contributed by atoms with Crippen LogP contribution in [0.2, 0.25) is 0 Å². The number of likely N-dealkylation sites (N-methyl/N-ethyl adjacent to an activating group) is 2. The third-order valence-corrected chi connectivity index (χ3v) is 3.63. The Morgan fingerprint density at radius 2 is 2.00 bits per heavy atom. The van der Waals surface area contributed by atoms with Crippen LogP contribution in [0.25, 0.3) is 0 Å². The highest BCUT2D eigenvalue weighted by Gasteiger charge is 2.30. The van der Waals surface area contributed by atoms with Gasteiger partial charge in [0.05, 0.1) is 6.61 Å². The molecule has 0 saturated carbocycles. The van der Waals surface area contributed by atoms with Crippen LogP contribution < -0.4 is 5.32 Å². The van der Waals surface area contributed by atoms with Gasteiger partial charge in [-0.1, -0.05) is 6.92 Å². The summed E-state index contributed by atoms with van der Waals surface area (Å²) >= 11 is 0. The van der Waals surface area contributed by atoms with E-state index in [0.717, 1.165) is 45.7 Å². The van der Waals surface area contributed by atoms with Crippen molar-refractivity contribution < 1.29 is 14.6 Å². The van der Waals surface area contributed by atoms with E-state index in [0.29, 0.717) is 6.42 Å². The monoisotopic (exact) mass is 274 g/mol. The number of aliphatic carboxylic acids is 1. The minimum absolute atomic E-state index is 0.655. The van der Waals surface area contributed by atoms with Gasteiger partial charge in [0.1, 0.15) is 5.54 Å². The number of hydrogen-bond acceptors (Lipinski definition) is 4. The van der Waals surface area contributed by atoms with Crippen LogP contribution in [0.4, 0.5) is 0 Å². The maximum absolute atomic E-state index is 11.1. The van der Waals surface area contributed by atoms with Gasteiger partial charge in [0, 0.05) is 13.2 Å². The number of hydrogen-bond donors (Lipinski definition) is 2. The zero-order chi connectivity index (χ0) is 14.7. The molecule has 0 aliphatic rings. The highest BCUT2D eigenvalue weighted by molar-refractivity contribution is 5.78. The first-order chi connectivity index (χ1) is 9.00. The Hall–Kier alpha value is -0.650. The summed E-state index contributed by atoms with van der Waals surface area (Å²) in [6.07, 6.45) is 2.58. The van der Waals surface area contributed by atoms with Gasteiger partial charge in [-0.3, -0.25) is 4.79 Å². The molecule has 0 aromatic heterocycles. The molecule has 0 spiro atoms. The molecule has 114 valence electrons. The lowest BCUT2D eigenvalue weighted by atomic mass is 9.95. The van der Waals surface area contributed by atoms with Crippen molar-refractivity contribution in [2.24, 2.45) is 0 Å². The van der Waals surface area contributed by atoms with Crippen molar-refractivity contribution in [2.75, 3.05) is 39.9 Å².